The summed E-state index contributed by atoms with van der Waals surface area (Å²) in [5, 5.41) is 7.17. The van der Waals surface area contributed by atoms with Crippen LogP contribution in [0, 0.1) is 0 Å². The molecule has 1 aromatic heterocycles. The molecule has 0 amide bonds. The smallest absolute Gasteiger partial charge is 0.190 e. The Bertz CT molecular complexity index is 757. The molecule has 2 N–H and O–H groups in total. The van der Waals surface area contributed by atoms with Crippen LogP contribution in [0.15, 0.2) is 41.5 Å². The Morgan fingerprint density at radius 1 is 1.07 bits per heavy atom. The molecule has 29 heavy (non-hydrogen) atoms. The molecule has 0 fully saturated rings. The van der Waals surface area contributed by atoms with Crippen LogP contribution >= 0.6 is 35.6 Å². The number of nitrogens with zero attached hydrogens (tertiary/aromatic N) is 2. The highest BCUT2D eigenvalue weighted by molar-refractivity contribution is 14.0. The molecular weight excluding hydrogens is 503 g/mol. The van der Waals surface area contributed by atoms with E-state index in [1.807, 2.05) is 19.1 Å². The largest absolute Gasteiger partial charge is 0.493 e. The van der Waals surface area contributed by atoms with E-state index >= 15 is 0 Å². The summed E-state index contributed by atoms with van der Waals surface area (Å²) in [7, 11) is 3.43. The highest BCUT2D eigenvalue weighted by Crippen LogP contribution is 2.28. The van der Waals surface area contributed by atoms with Gasteiger partial charge in [0.25, 0.3) is 0 Å². The molecule has 0 unspecified atom stereocenters. The van der Waals surface area contributed by atoms with E-state index in [1.165, 1.54) is 5.56 Å². The average molecular weight is 533 g/mol. The van der Waals surface area contributed by atoms with Gasteiger partial charge in [-0.2, -0.15) is 0 Å². The third kappa shape index (κ3) is 9.08. The fourth-order valence-electron chi connectivity index (χ4n) is 2.74. The molecule has 0 saturated carbocycles. The topological polar surface area (TPSA) is 67.8 Å². The van der Waals surface area contributed by atoms with Crippen LogP contribution in [0.5, 0.6) is 11.5 Å². The van der Waals surface area contributed by atoms with E-state index in [1.54, 1.807) is 26.4 Å². The molecule has 0 aliphatic rings. The van der Waals surface area contributed by atoms with Crippen molar-refractivity contribution < 1.29 is 9.47 Å². The predicted molar refractivity (Wildman–Crippen MR) is 130 cm³/mol. The number of methoxy groups -OCH3 is 1. The van der Waals surface area contributed by atoms with Crippen LogP contribution in [0.1, 0.15) is 24.5 Å². The summed E-state index contributed by atoms with van der Waals surface area (Å²) >= 11 is 5.80. The Balaban J connectivity index is 0.00000420. The second-order valence-corrected chi connectivity index (χ2v) is 6.57. The molecule has 8 heteroatoms. The van der Waals surface area contributed by atoms with Gasteiger partial charge in [0.1, 0.15) is 5.15 Å². The Labute approximate surface area is 195 Å². The lowest BCUT2D eigenvalue weighted by Gasteiger charge is -2.13. The quantitative estimate of drug-likeness (QED) is 0.159. The third-order valence-corrected chi connectivity index (χ3v) is 4.40. The number of aromatic nitrogens is 1. The van der Waals surface area contributed by atoms with E-state index in [0.29, 0.717) is 11.8 Å². The van der Waals surface area contributed by atoms with Gasteiger partial charge in [-0.15, -0.1) is 24.0 Å². The van der Waals surface area contributed by atoms with E-state index in [-0.39, 0.29) is 24.0 Å². The zero-order valence-corrected chi connectivity index (χ0v) is 20.3. The first-order chi connectivity index (χ1) is 13.7. The zero-order valence-electron chi connectivity index (χ0n) is 17.2. The number of aryl methyl sites for hydroxylation is 1. The van der Waals surface area contributed by atoms with Crippen molar-refractivity contribution in [1.29, 1.82) is 0 Å². The van der Waals surface area contributed by atoms with Crippen LogP contribution in [0.3, 0.4) is 0 Å². The summed E-state index contributed by atoms with van der Waals surface area (Å²) in [5.41, 5.74) is 2.36. The van der Waals surface area contributed by atoms with Gasteiger partial charge in [0, 0.05) is 26.3 Å². The Kier molecular flexibility index (Phi) is 12.5. The van der Waals surface area contributed by atoms with Crippen LogP contribution in [-0.2, 0) is 12.8 Å². The lowest BCUT2D eigenvalue weighted by molar-refractivity contribution is 0.310. The molecule has 0 atom stereocenters. The maximum Gasteiger partial charge on any atom is 0.190 e. The van der Waals surface area contributed by atoms with Crippen LogP contribution < -0.4 is 20.1 Å². The highest BCUT2D eigenvalue weighted by atomic mass is 127. The van der Waals surface area contributed by atoms with Gasteiger partial charge in [0.2, 0.25) is 0 Å². The monoisotopic (exact) mass is 532 g/mol. The van der Waals surface area contributed by atoms with Crippen molar-refractivity contribution in [3.05, 3.63) is 52.8 Å². The number of ether oxygens (including phenoxy) is 2. The molecule has 1 aromatic carbocycles. The van der Waals surface area contributed by atoms with Crippen molar-refractivity contribution in [2.75, 3.05) is 33.9 Å². The molecule has 160 valence electrons. The minimum absolute atomic E-state index is 0. The number of guanidine groups is 1. The SMILES string of the molecule is CCOc1cc(CCCNC(=NC)NCCc2ccc(Cl)nc2)ccc1OC.I. The summed E-state index contributed by atoms with van der Waals surface area (Å²) in [5.74, 6) is 2.36. The van der Waals surface area contributed by atoms with E-state index < -0.39 is 0 Å². The third-order valence-electron chi connectivity index (χ3n) is 4.18. The summed E-state index contributed by atoms with van der Waals surface area (Å²) in [6, 6.07) is 9.88. The van der Waals surface area contributed by atoms with Crippen LogP contribution in [0.4, 0.5) is 0 Å². The molecule has 2 rings (SSSR count). The number of halogens is 2. The van der Waals surface area contributed by atoms with Crippen LogP contribution in [0.25, 0.3) is 0 Å². The average Bonchev–Trinajstić information content (AvgIpc) is 2.71. The lowest BCUT2D eigenvalue weighted by atomic mass is 10.1. The fourth-order valence-corrected chi connectivity index (χ4v) is 2.86. The van der Waals surface area contributed by atoms with Crippen molar-refractivity contribution in [3.8, 4) is 11.5 Å². The van der Waals surface area contributed by atoms with Crippen LogP contribution in [0.2, 0.25) is 5.15 Å². The molecule has 6 nitrogen and oxygen atoms in total. The molecular formula is C21H30ClIN4O2. The number of pyridine rings is 1. The zero-order chi connectivity index (χ0) is 20.2. The first kappa shape index (κ1) is 25.3. The summed E-state index contributed by atoms with van der Waals surface area (Å²) in [4.78, 5) is 8.35. The van der Waals surface area contributed by atoms with Gasteiger partial charge in [0.05, 0.1) is 13.7 Å². The first-order valence-electron chi connectivity index (χ1n) is 9.51. The van der Waals surface area contributed by atoms with Gasteiger partial charge in [-0.1, -0.05) is 23.7 Å². The van der Waals surface area contributed by atoms with Crippen molar-refractivity contribution >= 4 is 41.5 Å². The number of benzene rings is 1. The van der Waals surface area contributed by atoms with Gasteiger partial charge < -0.3 is 20.1 Å². The van der Waals surface area contributed by atoms with E-state index in [0.717, 1.165) is 55.4 Å². The van der Waals surface area contributed by atoms with Gasteiger partial charge in [0.15, 0.2) is 17.5 Å². The predicted octanol–water partition coefficient (Wildman–Crippen LogP) is 4.10. The molecule has 0 saturated heterocycles. The maximum atomic E-state index is 5.80. The number of hydrogen-bond acceptors (Lipinski definition) is 4. The summed E-state index contributed by atoms with van der Waals surface area (Å²) < 4.78 is 11.0. The summed E-state index contributed by atoms with van der Waals surface area (Å²) in [6.07, 6.45) is 4.59. The molecule has 0 aliphatic carbocycles. The van der Waals surface area contributed by atoms with Gasteiger partial charge >= 0.3 is 0 Å². The second-order valence-electron chi connectivity index (χ2n) is 6.19. The molecule has 0 spiro atoms. The van der Waals surface area contributed by atoms with Crippen molar-refractivity contribution in [1.82, 2.24) is 15.6 Å². The van der Waals surface area contributed by atoms with Gasteiger partial charge in [-0.3, -0.25) is 4.99 Å². The van der Waals surface area contributed by atoms with Crippen molar-refractivity contribution in [2.45, 2.75) is 26.2 Å². The van der Waals surface area contributed by atoms with Crippen molar-refractivity contribution in [2.24, 2.45) is 4.99 Å². The van der Waals surface area contributed by atoms with Gasteiger partial charge in [-0.05, 0) is 55.5 Å². The van der Waals surface area contributed by atoms with Crippen molar-refractivity contribution in [3.63, 3.8) is 0 Å². The van der Waals surface area contributed by atoms with E-state index in [4.69, 9.17) is 21.1 Å². The Morgan fingerprint density at radius 2 is 1.83 bits per heavy atom. The minimum atomic E-state index is 0. The fraction of sp³-hybridized carbons (Fsp3) is 0.429. The number of hydrogen-bond donors (Lipinski definition) is 2. The Hall–Kier alpha value is -1.74. The van der Waals surface area contributed by atoms with E-state index in [9.17, 15) is 0 Å². The molecule has 2 aromatic rings. The minimum Gasteiger partial charge on any atom is -0.493 e. The lowest BCUT2D eigenvalue weighted by Crippen LogP contribution is -2.38. The second kappa shape index (κ2) is 14.3. The first-order valence-corrected chi connectivity index (χ1v) is 9.88. The molecule has 1 heterocycles. The van der Waals surface area contributed by atoms with Gasteiger partial charge in [-0.25, -0.2) is 4.98 Å². The highest BCUT2D eigenvalue weighted by Gasteiger charge is 2.05. The van der Waals surface area contributed by atoms with Crippen LogP contribution in [-0.4, -0.2) is 44.8 Å². The Morgan fingerprint density at radius 3 is 2.48 bits per heavy atom. The molecule has 0 bridgehead atoms. The standard InChI is InChI=1S/C21H29ClN4O2.HI/c1-4-28-19-14-16(7-9-18(19)27-3)6-5-12-24-21(23-2)25-13-11-17-8-10-20(22)26-15-17;/h7-10,14-15H,4-6,11-13H2,1-3H3,(H2,23,24,25);1H. The number of rotatable bonds is 10. The number of aliphatic imine (C=N–C) groups is 1. The maximum absolute atomic E-state index is 5.80. The molecule has 0 radical (unpaired) electrons. The summed E-state index contributed by atoms with van der Waals surface area (Å²) in [6.45, 7) is 4.20. The molecule has 0 aliphatic heterocycles. The van der Waals surface area contributed by atoms with E-state index in [2.05, 4.69) is 32.7 Å². The number of nitrogens with one attached hydrogen (secondary N) is 2. The normalized spacial score (nSPS) is 10.8.